The average Bonchev–Trinajstić information content (AvgIpc) is 3.11. The molecule has 6 unspecified atom stereocenters. The molecule has 4 amide bonds. The summed E-state index contributed by atoms with van der Waals surface area (Å²) in [6, 6.07) is 6.05. The van der Waals surface area contributed by atoms with E-state index in [1.807, 2.05) is 13.8 Å². The molecule has 6 atom stereocenters. The maximum atomic E-state index is 13.9. The van der Waals surface area contributed by atoms with Crippen LogP contribution < -0.4 is 21.7 Å². The number of hydrogen-bond donors (Lipinski definition) is 8. The molecule has 9 N–H and O–H groups in total. The number of unbranched alkanes of at least 4 members (excludes halogenated alkanes) is 4. The van der Waals surface area contributed by atoms with Gasteiger partial charge in [0.1, 0.15) is 41.8 Å². The first kappa shape index (κ1) is 44.8. The van der Waals surface area contributed by atoms with E-state index in [0.29, 0.717) is 23.4 Å². The van der Waals surface area contributed by atoms with Gasteiger partial charge >= 0.3 is 5.97 Å². The smallest absolute Gasteiger partial charge is 0.326 e. The summed E-state index contributed by atoms with van der Waals surface area (Å²) in [5.41, 5.74) is 7.16. The summed E-state index contributed by atoms with van der Waals surface area (Å²) >= 11 is 5.70. The summed E-state index contributed by atoms with van der Waals surface area (Å²) in [6.07, 6.45) is 3.35. The van der Waals surface area contributed by atoms with E-state index in [9.17, 15) is 44.4 Å². The number of likely N-dealkylation sites (N-methyl/N-ethyl adjacent to an activating group) is 1. The predicted octanol–water partition coefficient (Wildman–Crippen LogP) is 2.58. The molecule has 0 saturated heterocycles. The van der Waals surface area contributed by atoms with E-state index in [1.54, 1.807) is 12.1 Å². The van der Waals surface area contributed by atoms with Gasteiger partial charge in [0.05, 0.1) is 0 Å². The first-order valence-electron chi connectivity index (χ1n) is 18.0. The molecule has 53 heavy (non-hydrogen) atoms. The van der Waals surface area contributed by atoms with Crippen molar-refractivity contribution in [3.05, 3.63) is 59.7 Å². The number of carbonyl (C=O) groups excluding carboxylic acids is 4. The molecule has 2 aromatic carbocycles. The zero-order chi connectivity index (χ0) is 39.7. The molecule has 0 aliphatic carbocycles. The van der Waals surface area contributed by atoms with Crippen LogP contribution in [-0.2, 0) is 36.8 Å². The van der Waals surface area contributed by atoms with Crippen molar-refractivity contribution in [3.63, 3.8) is 0 Å². The van der Waals surface area contributed by atoms with Crippen LogP contribution in [0.3, 0.4) is 0 Å². The molecule has 15 heteroatoms. The first-order valence-corrected chi connectivity index (χ1v) is 18.5. The molecular formula is C38H56ClN5O9. The lowest BCUT2D eigenvalue weighted by Gasteiger charge is -2.32. The number of aromatic hydroxyl groups is 2. The Hall–Kier alpha value is -4.40. The van der Waals surface area contributed by atoms with E-state index in [2.05, 4.69) is 16.0 Å². The van der Waals surface area contributed by atoms with E-state index in [-0.39, 0.29) is 36.7 Å². The number of aliphatic carboxylic acids is 1. The van der Waals surface area contributed by atoms with Gasteiger partial charge in [-0.05, 0) is 67.5 Å². The largest absolute Gasteiger partial charge is 0.508 e. The summed E-state index contributed by atoms with van der Waals surface area (Å²) in [5.74, 6) is -3.75. The lowest BCUT2D eigenvalue weighted by Crippen LogP contribution is -2.59. The average molecular weight is 762 g/mol. The van der Waals surface area contributed by atoms with Gasteiger partial charge in [-0.1, -0.05) is 63.8 Å². The molecule has 0 radical (unpaired) electrons. The molecule has 0 bridgehead atoms. The molecular weight excluding hydrogens is 706 g/mol. The summed E-state index contributed by atoms with van der Waals surface area (Å²) in [4.78, 5) is 67.4. The molecule has 0 aliphatic rings. The Morgan fingerprint density at radius 3 is 1.74 bits per heavy atom. The number of phenolic OH excluding ortho intramolecular Hbond substituents is 2. The number of carbonyl (C=O) groups is 5. The molecule has 0 fully saturated rings. The van der Waals surface area contributed by atoms with Gasteiger partial charge in [-0.3, -0.25) is 19.2 Å². The number of phenols is 2. The van der Waals surface area contributed by atoms with Gasteiger partial charge in [0, 0.05) is 31.8 Å². The minimum absolute atomic E-state index is 0.00465. The van der Waals surface area contributed by atoms with Gasteiger partial charge in [-0.15, -0.1) is 11.6 Å². The number of aliphatic hydroxyl groups is 1. The van der Waals surface area contributed by atoms with Crippen LogP contribution in [0.2, 0.25) is 0 Å². The maximum Gasteiger partial charge on any atom is 0.326 e. The molecule has 0 saturated carbocycles. The molecule has 2 rings (SSSR count). The summed E-state index contributed by atoms with van der Waals surface area (Å²) < 4.78 is 0. The Kier molecular flexibility index (Phi) is 19.1. The quantitative estimate of drug-likeness (QED) is 0.0609. The number of carboxylic acids is 1. The number of carboxylic acid groups (broad SMARTS) is 1. The Morgan fingerprint density at radius 1 is 0.736 bits per heavy atom. The Labute approximate surface area is 316 Å². The van der Waals surface area contributed by atoms with Crippen molar-refractivity contribution in [2.24, 2.45) is 11.7 Å². The second kappa shape index (κ2) is 22.6. The van der Waals surface area contributed by atoms with Gasteiger partial charge in [-0.2, -0.15) is 0 Å². The number of hydrogen-bond acceptors (Lipinski definition) is 9. The summed E-state index contributed by atoms with van der Waals surface area (Å²) in [7, 11) is 1.40. The topological polar surface area (TPSA) is 232 Å². The minimum atomic E-state index is -1.55. The molecule has 2 aromatic rings. The number of amides is 4. The first-order chi connectivity index (χ1) is 25.0. The molecule has 294 valence electrons. The number of rotatable bonds is 23. The number of nitrogens with one attached hydrogen (secondary N) is 3. The standard InChI is InChI=1S/C38H56ClN5O9/c1-23(2)20-32(44(4)37(51)24(3)41-36(50)33(47)29(40)10-8-6-5-7-9-19-39)35(49)42-30(21-25-11-15-27(45)16-12-25)34(48)43-31(38(52)53)22-26-13-17-28(46)18-14-26/h11-18,23-24,29-33,45-47H,5-10,19-22,40H2,1-4H3,(H,41,50)(H,42,49)(H,43,48)(H,52,53). The monoisotopic (exact) mass is 761 g/mol. The highest BCUT2D eigenvalue weighted by Crippen LogP contribution is 2.17. The molecule has 0 aliphatic heterocycles. The van der Waals surface area contributed by atoms with Crippen LogP contribution in [0.1, 0.15) is 76.8 Å². The predicted molar refractivity (Wildman–Crippen MR) is 201 cm³/mol. The number of benzene rings is 2. The molecule has 0 aromatic heterocycles. The Balaban J connectivity index is 2.20. The van der Waals surface area contributed by atoms with E-state index in [4.69, 9.17) is 17.3 Å². The third kappa shape index (κ3) is 15.6. The number of nitrogens with zero attached hydrogens (tertiary/aromatic N) is 1. The summed E-state index contributed by atoms with van der Waals surface area (Å²) in [6.45, 7) is 5.12. The number of nitrogens with two attached hydrogens (primary N) is 1. The number of alkyl halides is 1. The highest BCUT2D eigenvalue weighted by molar-refractivity contribution is 6.17. The van der Waals surface area contributed by atoms with Crippen molar-refractivity contribution in [2.75, 3.05) is 12.9 Å². The van der Waals surface area contributed by atoms with Crippen molar-refractivity contribution in [1.82, 2.24) is 20.9 Å². The summed E-state index contributed by atoms with van der Waals surface area (Å²) in [5, 5.41) is 47.5. The third-order valence-corrected chi connectivity index (χ3v) is 9.15. The van der Waals surface area contributed by atoms with Crippen LogP contribution >= 0.6 is 11.6 Å². The van der Waals surface area contributed by atoms with Crippen molar-refractivity contribution < 1.29 is 44.4 Å². The van der Waals surface area contributed by atoms with Crippen LogP contribution in [0.25, 0.3) is 0 Å². The SMILES string of the molecule is CC(C)CC(C(=O)NC(Cc1ccc(O)cc1)C(=O)NC(Cc1ccc(O)cc1)C(=O)O)N(C)C(=O)C(C)NC(=O)C(O)C(N)CCCCCCCCl. The van der Waals surface area contributed by atoms with Gasteiger partial charge in [0.2, 0.25) is 17.7 Å². The van der Waals surface area contributed by atoms with E-state index >= 15 is 0 Å². The lowest BCUT2D eigenvalue weighted by atomic mass is 9.99. The van der Waals surface area contributed by atoms with Crippen molar-refractivity contribution in [1.29, 1.82) is 0 Å². The van der Waals surface area contributed by atoms with Crippen molar-refractivity contribution >= 4 is 41.2 Å². The van der Waals surface area contributed by atoms with Gasteiger partial charge < -0.3 is 47.0 Å². The van der Waals surface area contributed by atoms with Crippen LogP contribution in [0.15, 0.2) is 48.5 Å². The fourth-order valence-electron chi connectivity index (χ4n) is 5.75. The Bertz CT molecular complexity index is 1480. The number of aliphatic hydroxyl groups excluding tert-OH is 1. The van der Waals surface area contributed by atoms with E-state index < -0.39 is 65.9 Å². The zero-order valence-corrected chi connectivity index (χ0v) is 31.7. The second-order valence-electron chi connectivity index (χ2n) is 13.9. The van der Waals surface area contributed by atoms with Crippen molar-refractivity contribution in [2.45, 2.75) is 115 Å². The molecule has 0 spiro atoms. The van der Waals surface area contributed by atoms with E-state index in [0.717, 1.165) is 32.1 Å². The van der Waals surface area contributed by atoms with Crippen molar-refractivity contribution in [3.8, 4) is 11.5 Å². The maximum absolute atomic E-state index is 13.9. The highest BCUT2D eigenvalue weighted by Gasteiger charge is 2.35. The number of halogens is 1. The molecule has 0 heterocycles. The van der Waals surface area contributed by atoms with Crippen LogP contribution in [0.4, 0.5) is 0 Å². The molecule has 14 nitrogen and oxygen atoms in total. The minimum Gasteiger partial charge on any atom is -0.508 e. The zero-order valence-electron chi connectivity index (χ0n) is 31.0. The Morgan fingerprint density at radius 2 is 1.23 bits per heavy atom. The van der Waals surface area contributed by atoms with Gasteiger partial charge in [0.25, 0.3) is 5.91 Å². The van der Waals surface area contributed by atoms with Gasteiger partial charge in [0.15, 0.2) is 0 Å². The van der Waals surface area contributed by atoms with Crippen LogP contribution in [0.5, 0.6) is 11.5 Å². The fraction of sp³-hybridized carbons (Fsp3) is 0.553. The van der Waals surface area contributed by atoms with E-state index in [1.165, 1.54) is 55.3 Å². The highest BCUT2D eigenvalue weighted by atomic mass is 35.5. The van der Waals surface area contributed by atoms with Gasteiger partial charge in [-0.25, -0.2) is 4.79 Å². The fourth-order valence-corrected chi connectivity index (χ4v) is 5.94. The second-order valence-corrected chi connectivity index (χ2v) is 14.3. The third-order valence-electron chi connectivity index (χ3n) is 8.89. The lowest BCUT2D eigenvalue weighted by molar-refractivity contribution is -0.144. The van der Waals surface area contributed by atoms with Crippen LogP contribution in [0, 0.1) is 5.92 Å². The van der Waals surface area contributed by atoms with Crippen LogP contribution in [-0.4, -0.2) is 104 Å². The normalized spacial score (nSPS) is 14.6.